The van der Waals surface area contributed by atoms with E-state index in [9.17, 15) is 0 Å². The van der Waals surface area contributed by atoms with Gasteiger partial charge in [-0.1, -0.05) is 23.7 Å². The van der Waals surface area contributed by atoms with E-state index in [1.165, 1.54) is 25.9 Å². The number of rotatable bonds is 7. The smallest absolute Gasteiger partial charge is 0.229 e. The predicted molar refractivity (Wildman–Crippen MR) is 123 cm³/mol. The van der Waals surface area contributed by atoms with Crippen LogP contribution in [0, 0.1) is 6.92 Å². The number of benzene rings is 2. The lowest BCUT2D eigenvalue weighted by atomic mass is 10.1. The molecule has 1 saturated heterocycles. The van der Waals surface area contributed by atoms with Crippen molar-refractivity contribution in [3.63, 3.8) is 0 Å². The van der Waals surface area contributed by atoms with Gasteiger partial charge in [0.1, 0.15) is 18.2 Å². The molecule has 7 heteroatoms. The molecule has 156 valence electrons. The van der Waals surface area contributed by atoms with Crippen molar-refractivity contribution in [3.8, 4) is 17.0 Å². The summed E-state index contributed by atoms with van der Waals surface area (Å²) in [5.74, 6) is 1.73. The fourth-order valence-corrected chi connectivity index (χ4v) is 3.76. The van der Waals surface area contributed by atoms with Crippen molar-refractivity contribution in [3.05, 3.63) is 59.1 Å². The van der Waals surface area contributed by atoms with Gasteiger partial charge in [0.2, 0.25) is 5.95 Å². The highest BCUT2D eigenvalue weighted by atomic mass is 35.5. The molecular weight excluding hydrogens is 398 g/mol. The van der Waals surface area contributed by atoms with Crippen LogP contribution >= 0.6 is 11.6 Å². The van der Waals surface area contributed by atoms with E-state index in [2.05, 4.69) is 20.2 Å². The van der Waals surface area contributed by atoms with Crippen LogP contribution in [0.4, 0.5) is 17.5 Å². The van der Waals surface area contributed by atoms with Crippen LogP contribution < -0.4 is 15.8 Å². The first kappa shape index (κ1) is 20.4. The Labute approximate surface area is 182 Å². The van der Waals surface area contributed by atoms with Crippen LogP contribution in [-0.2, 0) is 0 Å². The van der Waals surface area contributed by atoms with E-state index in [0.29, 0.717) is 23.4 Å². The normalized spacial score (nSPS) is 14.1. The highest BCUT2D eigenvalue weighted by molar-refractivity contribution is 6.30. The fraction of sp³-hybridized carbons (Fsp3) is 0.304. The maximum Gasteiger partial charge on any atom is 0.229 e. The van der Waals surface area contributed by atoms with Gasteiger partial charge in [-0.25, -0.2) is 4.98 Å². The topological polar surface area (TPSA) is 76.3 Å². The van der Waals surface area contributed by atoms with Crippen LogP contribution in [0.3, 0.4) is 0 Å². The number of nitrogen functional groups attached to an aromatic ring is 1. The van der Waals surface area contributed by atoms with Gasteiger partial charge in [-0.2, -0.15) is 4.98 Å². The van der Waals surface area contributed by atoms with E-state index in [-0.39, 0.29) is 0 Å². The number of nitrogens with two attached hydrogens (primary N) is 1. The number of hydrogen-bond acceptors (Lipinski definition) is 6. The van der Waals surface area contributed by atoms with E-state index in [0.717, 1.165) is 34.8 Å². The van der Waals surface area contributed by atoms with Crippen molar-refractivity contribution in [2.45, 2.75) is 19.8 Å². The molecular formula is C23H26ClN5O. The predicted octanol–water partition coefficient (Wildman–Crippen LogP) is 4.91. The first-order valence-corrected chi connectivity index (χ1v) is 10.6. The average Bonchev–Trinajstić information content (AvgIpc) is 3.25. The molecule has 0 unspecified atom stereocenters. The molecule has 2 heterocycles. The minimum atomic E-state index is 0.435. The SMILES string of the molecule is Cc1c(N)nc(Nc2ccc(OCCN3CCCC3)cc2)nc1-c1cccc(Cl)c1. The quantitative estimate of drug-likeness (QED) is 0.562. The fourth-order valence-electron chi connectivity index (χ4n) is 3.57. The lowest BCUT2D eigenvalue weighted by molar-refractivity contribution is 0.238. The molecule has 0 saturated carbocycles. The number of aromatic nitrogens is 2. The molecule has 0 bridgehead atoms. The minimum absolute atomic E-state index is 0.435. The van der Waals surface area contributed by atoms with Crippen molar-refractivity contribution in [1.29, 1.82) is 0 Å². The van der Waals surface area contributed by atoms with Crippen molar-refractivity contribution in [2.24, 2.45) is 0 Å². The summed E-state index contributed by atoms with van der Waals surface area (Å²) in [7, 11) is 0. The van der Waals surface area contributed by atoms with Gasteiger partial charge in [-0.3, -0.25) is 4.90 Å². The molecule has 1 aromatic heterocycles. The van der Waals surface area contributed by atoms with Gasteiger partial charge in [0.25, 0.3) is 0 Å². The third kappa shape index (κ3) is 5.01. The van der Waals surface area contributed by atoms with Crippen LogP contribution in [-0.4, -0.2) is 41.1 Å². The Hall–Kier alpha value is -2.83. The van der Waals surface area contributed by atoms with E-state index in [1.807, 2.05) is 55.5 Å². The van der Waals surface area contributed by atoms with Crippen LogP contribution in [0.25, 0.3) is 11.3 Å². The van der Waals surface area contributed by atoms with Gasteiger partial charge in [0.15, 0.2) is 0 Å². The molecule has 2 aromatic carbocycles. The van der Waals surface area contributed by atoms with Crippen molar-refractivity contribution in [1.82, 2.24) is 14.9 Å². The zero-order valence-electron chi connectivity index (χ0n) is 17.1. The van der Waals surface area contributed by atoms with E-state index in [4.69, 9.17) is 22.1 Å². The lowest BCUT2D eigenvalue weighted by Gasteiger charge is -2.15. The molecule has 4 rings (SSSR count). The molecule has 6 nitrogen and oxygen atoms in total. The second-order valence-corrected chi connectivity index (χ2v) is 7.90. The summed E-state index contributed by atoms with van der Waals surface area (Å²) >= 11 is 6.14. The molecule has 0 radical (unpaired) electrons. The second kappa shape index (κ2) is 9.32. The Morgan fingerprint density at radius 1 is 1.10 bits per heavy atom. The van der Waals surface area contributed by atoms with Gasteiger partial charge in [-0.05, 0) is 69.3 Å². The highest BCUT2D eigenvalue weighted by Gasteiger charge is 2.12. The number of halogens is 1. The van der Waals surface area contributed by atoms with Gasteiger partial charge < -0.3 is 15.8 Å². The summed E-state index contributed by atoms with van der Waals surface area (Å²) in [5.41, 5.74) is 9.48. The van der Waals surface area contributed by atoms with Crippen molar-refractivity contribution < 1.29 is 4.74 Å². The summed E-state index contributed by atoms with van der Waals surface area (Å²) in [4.78, 5) is 11.5. The number of ether oxygens (including phenoxy) is 1. The Morgan fingerprint density at radius 3 is 2.60 bits per heavy atom. The number of hydrogen-bond donors (Lipinski definition) is 2. The Morgan fingerprint density at radius 2 is 1.87 bits per heavy atom. The molecule has 0 atom stereocenters. The van der Waals surface area contributed by atoms with E-state index in [1.54, 1.807) is 0 Å². The molecule has 1 aliphatic rings. The Bertz CT molecular complexity index is 1000. The third-order valence-electron chi connectivity index (χ3n) is 5.27. The standard InChI is InChI=1S/C23H26ClN5O/c1-16-21(17-5-4-6-18(24)15-17)27-23(28-22(16)25)26-19-7-9-20(10-8-19)30-14-13-29-11-2-3-12-29/h4-10,15H,2-3,11-14H2,1H3,(H3,25,26,27,28). The summed E-state index contributed by atoms with van der Waals surface area (Å²) < 4.78 is 5.86. The Balaban J connectivity index is 1.43. The monoisotopic (exact) mass is 423 g/mol. The van der Waals surface area contributed by atoms with Crippen LogP contribution in [0.5, 0.6) is 5.75 Å². The van der Waals surface area contributed by atoms with Crippen LogP contribution in [0.1, 0.15) is 18.4 Å². The van der Waals surface area contributed by atoms with Crippen molar-refractivity contribution in [2.75, 3.05) is 37.3 Å². The van der Waals surface area contributed by atoms with Gasteiger partial charge in [0, 0.05) is 28.4 Å². The maximum atomic E-state index is 6.14. The maximum absolute atomic E-state index is 6.14. The number of anilines is 3. The third-order valence-corrected chi connectivity index (χ3v) is 5.50. The number of nitrogens with one attached hydrogen (secondary N) is 1. The first-order valence-electron chi connectivity index (χ1n) is 10.2. The van der Waals surface area contributed by atoms with E-state index < -0.39 is 0 Å². The second-order valence-electron chi connectivity index (χ2n) is 7.46. The largest absolute Gasteiger partial charge is 0.492 e. The summed E-state index contributed by atoms with van der Waals surface area (Å²) in [6, 6.07) is 15.3. The van der Waals surface area contributed by atoms with Crippen LogP contribution in [0.15, 0.2) is 48.5 Å². The Kier molecular flexibility index (Phi) is 6.35. The highest BCUT2D eigenvalue weighted by Crippen LogP contribution is 2.28. The van der Waals surface area contributed by atoms with Gasteiger partial charge in [0.05, 0.1) is 5.69 Å². The molecule has 1 fully saturated rings. The van der Waals surface area contributed by atoms with Crippen molar-refractivity contribution >= 4 is 29.1 Å². The molecule has 0 amide bonds. The molecule has 3 aromatic rings. The van der Waals surface area contributed by atoms with Crippen LogP contribution in [0.2, 0.25) is 5.02 Å². The summed E-state index contributed by atoms with van der Waals surface area (Å²) in [6.07, 6.45) is 2.59. The molecule has 30 heavy (non-hydrogen) atoms. The molecule has 1 aliphatic heterocycles. The molecule has 0 aliphatic carbocycles. The zero-order valence-corrected chi connectivity index (χ0v) is 17.8. The number of likely N-dealkylation sites (tertiary alicyclic amines) is 1. The zero-order chi connectivity index (χ0) is 20.9. The minimum Gasteiger partial charge on any atom is -0.492 e. The van der Waals surface area contributed by atoms with Gasteiger partial charge in [-0.15, -0.1) is 0 Å². The summed E-state index contributed by atoms with van der Waals surface area (Å²) in [5, 5.41) is 3.88. The number of nitrogens with zero attached hydrogens (tertiary/aromatic N) is 3. The summed E-state index contributed by atoms with van der Waals surface area (Å²) in [6.45, 7) is 5.95. The average molecular weight is 424 g/mol. The molecule has 3 N–H and O–H groups in total. The van der Waals surface area contributed by atoms with E-state index >= 15 is 0 Å². The first-order chi connectivity index (χ1) is 14.6. The van der Waals surface area contributed by atoms with Gasteiger partial charge >= 0.3 is 0 Å². The lowest BCUT2D eigenvalue weighted by Crippen LogP contribution is -2.25. The molecule has 0 spiro atoms.